The number of fused-ring (bicyclic) bond motifs is 14. The van der Waals surface area contributed by atoms with Gasteiger partial charge in [0.15, 0.2) is 0 Å². The molecular formula is C83H126N8O3S2SiSn. The summed E-state index contributed by atoms with van der Waals surface area (Å²) >= 11 is 1.16. The van der Waals surface area contributed by atoms with Gasteiger partial charge in [-0.25, -0.2) is 0 Å². The largest absolute Gasteiger partial charge is 0.146 e. The van der Waals surface area contributed by atoms with Crippen LogP contribution in [-0.2, 0) is 3.08 Å². The van der Waals surface area contributed by atoms with Crippen LogP contribution in [0.5, 0.6) is 0 Å². The van der Waals surface area contributed by atoms with Gasteiger partial charge in [0.1, 0.15) is 19.2 Å². The maximum atomic E-state index is 11.2. The van der Waals surface area contributed by atoms with Gasteiger partial charge in [0.2, 0.25) is 5.82 Å². The summed E-state index contributed by atoms with van der Waals surface area (Å²) in [7, 11) is -1.45. The van der Waals surface area contributed by atoms with Crippen LogP contribution in [-0.4, -0.2) is 71.0 Å². The van der Waals surface area contributed by atoms with Crippen LogP contribution in [0.1, 0.15) is 267 Å². The molecule has 10 aliphatic rings. The average Bonchev–Trinajstić information content (AvgIpc) is 1.01. The molecule has 15 heteroatoms. The normalized spacial score (nSPS) is 40.3. The second kappa shape index (κ2) is 29.3. The molecule has 0 radical (unpaired) electrons. The van der Waals surface area contributed by atoms with Crippen LogP contribution in [0.15, 0.2) is 52.0 Å². The van der Waals surface area contributed by atoms with Gasteiger partial charge < -0.3 is 10.2 Å². The molecule has 20 atom stereocenters. The maximum absolute atomic E-state index is 11.2. The van der Waals surface area contributed by atoms with E-state index in [0.29, 0.717) is 85.7 Å². The van der Waals surface area contributed by atoms with Crippen molar-refractivity contribution in [2.24, 2.45) is 118 Å². The second-order valence-corrected chi connectivity index (χ2v) is 49.5. The van der Waals surface area contributed by atoms with E-state index in [1.807, 2.05) is 31.1 Å². The molecule has 0 bridgehead atoms. The summed E-state index contributed by atoms with van der Waals surface area (Å²) < 4.78 is 17.0. The molecule has 13 rings (SSSR count). The molecule has 10 saturated carbocycles. The Kier molecular flexibility index (Phi) is 23.1. The van der Waals surface area contributed by atoms with Gasteiger partial charge in [-0.3, -0.25) is 0 Å². The molecule has 10 aliphatic carbocycles. The van der Waals surface area contributed by atoms with E-state index < -0.39 is 28.0 Å². The zero-order valence-electron chi connectivity index (χ0n) is 63.8. The monoisotopic (exact) mass is 1490 g/mol. The zero-order valence-corrected chi connectivity index (χ0v) is 69.3. The van der Waals surface area contributed by atoms with Crippen molar-refractivity contribution in [1.82, 2.24) is 20.6 Å². The van der Waals surface area contributed by atoms with Crippen molar-refractivity contribution in [3.05, 3.63) is 73.6 Å². The van der Waals surface area contributed by atoms with Gasteiger partial charge in [-0.15, -0.1) is 37.7 Å². The predicted molar refractivity (Wildman–Crippen MR) is 409 cm³/mol. The number of thiophene rings is 2. The minimum absolute atomic E-state index is 0.00188. The van der Waals surface area contributed by atoms with Crippen LogP contribution in [0.2, 0.25) is 28.5 Å². The number of allylic oxidation sites excluding steroid dienone is 2. The number of aliphatic hydroxyl groups excluding tert-OH is 2. The standard InChI is InChI=1S/C36H50N4OS.C36H49NOS.2C4H9.C3H9N3Si.O.Sn/c1-22(2)24-11-18-36(17-10-23-14-21-42-30(23)31-37-39-40-38-31)20-19-34(6)25(29(24)36)8-9-27-33(5)15-13-28(41)32(3,4)26(33)12-16-35(27,34)7;1-23(2)25-11-18-36(17-10-24-14-21-39-27(24)22-37)20-19-34(6)26(31(25)36)8-9-29-33(5)15-13-30(38)32(3,4)28(33)12-16-35(29,34)7;2*1-3-4-2;1-7(2,3)6-5-4;;/h14,21,24-29,41H,1,8-9,11-13,15-16,18-20H2,2-7H3,(H,37,38,39,40);14,21,25-26,28-31,38H,1,8-9,11-13,15-16,18-20H2,2-7H3;2*1,3-4H2,2H3;1-3H3;;/t24-,25?,26?,27?,28-,29?,33-,34+,35+,36+;25-,26?,28?,29?,30-,31?,33-,34+,35+,36+;;;;;/m00...../s1. The first-order valence-corrected chi connectivity index (χ1v) is 49.1. The number of tetrazole rings is 1. The average molecular weight is 1490 g/mol. The molecule has 0 aromatic carbocycles. The number of nitriles is 1. The summed E-state index contributed by atoms with van der Waals surface area (Å²) in [4.78, 5) is 4.46. The molecule has 3 N–H and O–H groups in total. The smallest absolute Gasteiger partial charge is 0.125 e. The van der Waals surface area contributed by atoms with Gasteiger partial charge in [0, 0.05) is 16.4 Å². The first kappa shape index (κ1) is 77.2. The zero-order chi connectivity index (χ0) is 71.5. The Bertz CT molecular complexity index is 3600. The molecule has 0 saturated heterocycles. The number of unbranched alkanes of at least 4 members (excludes halogenated alkanes) is 2. The molecule has 10 fully saturated rings. The number of H-pyrrole nitrogens is 1. The van der Waals surface area contributed by atoms with Gasteiger partial charge in [-0.05, 0) is 283 Å². The van der Waals surface area contributed by atoms with Crippen molar-refractivity contribution in [1.29, 1.82) is 5.26 Å². The summed E-state index contributed by atoms with van der Waals surface area (Å²) in [6.45, 7) is 49.4. The molecule has 0 spiro atoms. The summed E-state index contributed by atoms with van der Waals surface area (Å²) in [5.41, 5.74) is 14.5. The van der Waals surface area contributed by atoms with Crippen molar-refractivity contribution >= 4 is 50.7 Å². The first-order chi connectivity index (χ1) is 46.1. The third-order valence-electron chi connectivity index (χ3n) is 30.9. The van der Waals surface area contributed by atoms with Gasteiger partial charge in [-0.2, -0.15) is 10.5 Å². The van der Waals surface area contributed by atoms with Crippen LogP contribution in [0, 0.1) is 148 Å². The SMILES string of the molecule is C=C(C)[C@@H]1CC[C@]2(C#Cc3ccsc3-c3nn[nH]n3)CC[C@]3(C)C(CCC4[C@@]5(C)CC[C@H](O)C(C)(C)C5CC[C@]43C)C12.C=C(C)[C@@H]1CC[C@]2(C#Cc3ccsc3C#N)CC[C@]3(C)C(CCC4[C@@]5(C)CC[C@H](O)C(C)(C)C5CC[C@]43C)C12.CCC[CH2][Sn](=[O])[CH2]CCC.C[Si](C)(C)N=[N+]=[N-]. The van der Waals surface area contributed by atoms with Crippen LogP contribution in [0.4, 0.5) is 0 Å². The van der Waals surface area contributed by atoms with E-state index in [1.165, 1.54) is 164 Å². The van der Waals surface area contributed by atoms with Crippen LogP contribution in [0.3, 0.4) is 0 Å². The molecule has 3 heterocycles. The molecule has 11 nitrogen and oxygen atoms in total. The Morgan fingerprint density at radius 1 is 0.643 bits per heavy atom. The minimum atomic E-state index is -1.99. The predicted octanol–water partition coefficient (Wildman–Crippen LogP) is 22.4. The van der Waals surface area contributed by atoms with Crippen LogP contribution < -0.4 is 0 Å². The van der Waals surface area contributed by atoms with E-state index in [9.17, 15) is 18.6 Å². The van der Waals surface area contributed by atoms with Gasteiger partial charge in [0.25, 0.3) is 0 Å². The quantitative estimate of drug-likeness (QED) is 0.0450. The molecule has 0 aliphatic heterocycles. The number of nitrogens with zero attached hydrogens (tertiary/aromatic N) is 7. The molecule has 3 aromatic heterocycles. The van der Waals surface area contributed by atoms with E-state index >= 15 is 0 Å². The third-order valence-corrected chi connectivity index (χ3v) is 38.5. The Morgan fingerprint density at radius 3 is 1.51 bits per heavy atom. The van der Waals surface area contributed by atoms with Crippen molar-refractivity contribution < 1.29 is 13.3 Å². The van der Waals surface area contributed by atoms with Crippen molar-refractivity contribution in [3.63, 3.8) is 0 Å². The van der Waals surface area contributed by atoms with E-state index in [0.717, 1.165) is 54.4 Å². The van der Waals surface area contributed by atoms with E-state index in [2.05, 4.69) is 182 Å². The summed E-state index contributed by atoms with van der Waals surface area (Å²) in [6, 6.07) is 6.52. The third kappa shape index (κ3) is 13.5. The molecule has 98 heavy (non-hydrogen) atoms. The Morgan fingerprint density at radius 2 is 1.10 bits per heavy atom. The number of hydrogen-bond acceptors (Lipinski definition) is 10. The van der Waals surface area contributed by atoms with E-state index in [1.54, 1.807) is 11.3 Å². The minimum Gasteiger partial charge on any atom is -0.125 e. The van der Waals surface area contributed by atoms with E-state index in [4.69, 9.17) is 5.53 Å². The number of azide groups is 1. The van der Waals surface area contributed by atoms with Crippen molar-refractivity contribution in [2.75, 3.05) is 0 Å². The fourth-order valence-electron chi connectivity index (χ4n) is 25.4. The van der Waals surface area contributed by atoms with Crippen LogP contribution in [0.25, 0.3) is 21.1 Å². The topological polar surface area (TPSA) is 185 Å². The number of hydrogen-bond donors (Lipinski definition) is 3. The Labute approximate surface area is 609 Å². The number of rotatable bonds is 10. The Balaban J connectivity index is 0.000000172. The van der Waals surface area contributed by atoms with Crippen molar-refractivity contribution in [3.8, 4) is 40.5 Å². The summed E-state index contributed by atoms with van der Waals surface area (Å²) in [5.74, 6) is 22.0. The van der Waals surface area contributed by atoms with E-state index in [-0.39, 0.29) is 33.9 Å². The number of aliphatic hydroxyl groups is 2. The van der Waals surface area contributed by atoms with Crippen molar-refractivity contribution in [2.45, 2.75) is 292 Å². The number of nitrogens with one attached hydrogen (secondary N) is 1. The number of aromatic nitrogens is 4. The first-order valence-electron chi connectivity index (χ1n) is 38.7. The molecule has 8 unspecified atom stereocenters. The van der Waals surface area contributed by atoms with Gasteiger partial charge in [-0.1, -0.05) is 137 Å². The summed E-state index contributed by atoms with van der Waals surface area (Å²) in [5, 5.41) is 50.6. The summed E-state index contributed by atoms with van der Waals surface area (Å²) in [6.07, 6.45) is 28.8. The fourth-order valence-corrected chi connectivity index (χ4v) is 32.1. The van der Waals surface area contributed by atoms with Gasteiger partial charge in [0.05, 0.1) is 22.6 Å². The molecule has 536 valence electrons. The Hall–Kier alpha value is -3.39. The molecule has 3 aromatic rings. The maximum Gasteiger partial charge on any atom is 0.146 e. The van der Waals surface area contributed by atoms with Gasteiger partial charge >= 0.3 is 71.2 Å². The molecular weight excluding hydrogens is 1370 g/mol. The number of aromatic amines is 1. The second-order valence-electron chi connectivity index (χ2n) is 37.2. The fraction of sp³-hybridized carbons (Fsp3) is 0.783. The molecule has 0 amide bonds. The van der Waals surface area contributed by atoms with Crippen LogP contribution >= 0.6 is 22.7 Å².